The summed E-state index contributed by atoms with van der Waals surface area (Å²) in [6, 6.07) is 1.20. The number of aliphatic hydroxyl groups is 1. The summed E-state index contributed by atoms with van der Waals surface area (Å²) >= 11 is 0. The number of nitrogens with zero attached hydrogens (tertiary/aromatic N) is 1. The lowest BCUT2D eigenvalue weighted by Crippen LogP contribution is -2.60. The molecule has 0 spiro atoms. The zero-order chi connectivity index (χ0) is 38.2. The Morgan fingerprint density at radius 2 is 1.49 bits per heavy atom. The van der Waals surface area contributed by atoms with Gasteiger partial charge >= 0.3 is 5.97 Å². The highest BCUT2D eigenvalue weighted by molar-refractivity contribution is 5.96. The van der Waals surface area contributed by atoms with Gasteiger partial charge in [0.25, 0.3) is 0 Å². The molecule has 282 valence electrons. The second-order valence-electron chi connectivity index (χ2n) is 13.0. The van der Waals surface area contributed by atoms with E-state index >= 15 is 0 Å². The number of carboxylic acid groups (broad SMARTS) is 1. The van der Waals surface area contributed by atoms with Crippen LogP contribution in [0.1, 0.15) is 52.5 Å². The van der Waals surface area contributed by atoms with Gasteiger partial charge in [-0.2, -0.15) is 0 Å². The number of carboxylic acids is 1. The van der Waals surface area contributed by atoms with E-state index in [1.807, 2.05) is 24.3 Å². The number of amides is 5. The molecule has 0 aliphatic carbocycles. The fraction of sp³-hybridized carbons (Fsp3) is 0.545. The standard InChI is InChI=1S/C33H52N10O8/c1-17(2)12-23(29(47)41-24(32(50)51)13-19-14-38-22-10-6-5-8-20(19)22)40-30(48)25(16-44)42-31(49)27(18(3)4)43-26(45)15-39-28(46)21(34)9-7-11-37-33(35)36/h5-6,8,10,14,17-18,21,23-25,27,38,44H,7,9,11-13,15-16,34H2,1-4H3,(H,39,46)(H,40,48)(H,41,47)(H,42,49)(H,43,45)(H,50,51)(H4,35,36,37)/t21-,23-,24-,25-,27-/m0/s1. The number of aromatic nitrogens is 1. The van der Waals surface area contributed by atoms with Crippen molar-refractivity contribution >= 4 is 52.4 Å². The number of nitrogens with two attached hydrogens (primary N) is 3. The molecule has 5 amide bonds. The van der Waals surface area contributed by atoms with E-state index in [2.05, 4.69) is 36.6 Å². The van der Waals surface area contributed by atoms with E-state index in [1.54, 1.807) is 33.9 Å². The van der Waals surface area contributed by atoms with Crippen LogP contribution in [0, 0.1) is 11.8 Å². The molecule has 5 atom stereocenters. The highest BCUT2D eigenvalue weighted by Gasteiger charge is 2.32. The van der Waals surface area contributed by atoms with Crippen LogP contribution in [0.3, 0.4) is 0 Å². The summed E-state index contributed by atoms with van der Waals surface area (Å²) in [7, 11) is 0. The Balaban J connectivity index is 2.02. The number of rotatable bonds is 21. The average molecular weight is 717 g/mol. The fourth-order valence-corrected chi connectivity index (χ4v) is 5.13. The molecule has 0 aliphatic heterocycles. The largest absolute Gasteiger partial charge is 0.480 e. The van der Waals surface area contributed by atoms with Crippen LogP contribution in [0.4, 0.5) is 0 Å². The third-order valence-electron chi connectivity index (χ3n) is 7.86. The maximum absolute atomic E-state index is 13.4. The molecular weight excluding hydrogens is 664 g/mol. The maximum Gasteiger partial charge on any atom is 0.326 e. The summed E-state index contributed by atoms with van der Waals surface area (Å²) in [4.78, 5) is 83.8. The molecule has 0 bridgehead atoms. The van der Waals surface area contributed by atoms with Gasteiger partial charge in [-0.3, -0.25) is 29.0 Å². The van der Waals surface area contributed by atoms with Gasteiger partial charge in [-0.25, -0.2) is 4.79 Å². The van der Waals surface area contributed by atoms with Crippen LogP contribution in [0.25, 0.3) is 10.9 Å². The minimum Gasteiger partial charge on any atom is -0.480 e. The topological polar surface area (TPSA) is 309 Å². The Hall–Kier alpha value is -5.23. The normalized spacial score (nSPS) is 14.1. The van der Waals surface area contributed by atoms with Crippen molar-refractivity contribution in [3.63, 3.8) is 0 Å². The molecule has 2 aromatic rings. The van der Waals surface area contributed by atoms with Gasteiger partial charge in [0.15, 0.2) is 5.96 Å². The van der Waals surface area contributed by atoms with Crippen LogP contribution >= 0.6 is 0 Å². The second kappa shape index (κ2) is 20.4. The lowest BCUT2D eigenvalue weighted by Gasteiger charge is -2.27. The van der Waals surface area contributed by atoms with Gasteiger partial charge in [-0.15, -0.1) is 0 Å². The molecule has 14 N–H and O–H groups in total. The van der Waals surface area contributed by atoms with Gasteiger partial charge in [0.05, 0.1) is 19.2 Å². The predicted molar refractivity (Wildman–Crippen MR) is 190 cm³/mol. The van der Waals surface area contributed by atoms with E-state index in [0.717, 1.165) is 10.9 Å². The molecule has 0 aliphatic rings. The lowest BCUT2D eigenvalue weighted by molar-refractivity contribution is -0.142. The molecule has 0 fully saturated rings. The number of hydrogen-bond acceptors (Lipinski definition) is 9. The van der Waals surface area contributed by atoms with Crippen molar-refractivity contribution in [2.24, 2.45) is 34.0 Å². The number of aliphatic imine (C=N–C) groups is 1. The molecule has 18 nitrogen and oxygen atoms in total. The number of nitrogens with one attached hydrogen (secondary N) is 6. The van der Waals surface area contributed by atoms with Crippen molar-refractivity contribution in [1.29, 1.82) is 0 Å². The summed E-state index contributed by atoms with van der Waals surface area (Å²) in [6.07, 6.45) is 2.47. The molecule has 1 aromatic heterocycles. The zero-order valence-electron chi connectivity index (χ0n) is 29.4. The Morgan fingerprint density at radius 3 is 2.10 bits per heavy atom. The highest BCUT2D eigenvalue weighted by Crippen LogP contribution is 2.19. The van der Waals surface area contributed by atoms with Crippen LogP contribution in [-0.2, 0) is 35.2 Å². The first kappa shape index (κ1) is 41.9. The second-order valence-corrected chi connectivity index (χ2v) is 13.0. The van der Waals surface area contributed by atoms with Gasteiger partial charge in [-0.05, 0) is 42.7 Å². The van der Waals surface area contributed by atoms with Gasteiger partial charge < -0.3 is 59.0 Å². The number of hydrogen-bond donors (Lipinski definition) is 11. The first-order valence-electron chi connectivity index (χ1n) is 16.7. The molecule has 0 saturated carbocycles. The Morgan fingerprint density at radius 1 is 0.863 bits per heavy atom. The number of carbonyl (C=O) groups is 6. The van der Waals surface area contributed by atoms with Crippen molar-refractivity contribution in [2.75, 3.05) is 19.7 Å². The molecule has 0 radical (unpaired) electrons. The molecule has 0 unspecified atom stereocenters. The summed E-state index contributed by atoms with van der Waals surface area (Å²) < 4.78 is 0. The van der Waals surface area contributed by atoms with Crippen molar-refractivity contribution in [2.45, 2.75) is 83.6 Å². The van der Waals surface area contributed by atoms with Crippen LogP contribution in [0.15, 0.2) is 35.5 Å². The Bertz CT molecular complexity index is 1540. The van der Waals surface area contributed by atoms with Gasteiger partial charge in [-0.1, -0.05) is 45.9 Å². The monoisotopic (exact) mass is 716 g/mol. The van der Waals surface area contributed by atoms with Crippen LogP contribution in [0.5, 0.6) is 0 Å². The summed E-state index contributed by atoms with van der Waals surface area (Å²) in [5.41, 5.74) is 17.9. The first-order chi connectivity index (χ1) is 24.0. The van der Waals surface area contributed by atoms with Crippen LogP contribution in [-0.4, -0.2) is 107 Å². The number of para-hydroxylation sites is 1. The average Bonchev–Trinajstić information content (AvgIpc) is 3.47. The molecule has 1 heterocycles. The number of aliphatic hydroxyl groups excluding tert-OH is 1. The third-order valence-corrected chi connectivity index (χ3v) is 7.86. The Kier molecular flexibility index (Phi) is 16.8. The van der Waals surface area contributed by atoms with Gasteiger partial charge in [0, 0.05) is 30.1 Å². The van der Waals surface area contributed by atoms with Gasteiger partial charge in [0.2, 0.25) is 29.5 Å². The van der Waals surface area contributed by atoms with Gasteiger partial charge in [0.1, 0.15) is 24.2 Å². The molecule has 51 heavy (non-hydrogen) atoms. The fourth-order valence-electron chi connectivity index (χ4n) is 5.13. The minimum absolute atomic E-state index is 0.0255. The van der Waals surface area contributed by atoms with Crippen LogP contribution < -0.4 is 43.8 Å². The molecule has 2 rings (SSSR count). The number of aliphatic carboxylic acids is 1. The number of aromatic amines is 1. The molecule has 0 saturated heterocycles. The SMILES string of the molecule is CC(C)C[C@H](NC(=O)[C@H](CO)NC(=O)[C@@H](NC(=O)CNC(=O)[C@@H](N)CCCN=C(N)N)C(C)C)C(=O)N[C@@H](Cc1c[nH]c2ccccc12)C(=O)O. The van der Waals surface area contributed by atoms with Crippen LogP contribution in [0.2, 0.25) is 0 Å². The van der Waals surface area contributed by atoms with E-state index in [9.17, 15) is 39.0 Å². The third kappa shape index (κ3) is 13.9. The molecular formula is C33H52N10O8. The Labute approximate surface area is 296 Å². The van der Waals surface area contributed by atoms with E-state index in [-0.39, 0.29) is 37.7 Å². The number of fused-ring (bicyclic) bond motifs is 1. The maximum atomic E-state index is 13.4. The van der Waals surface area contributed by atoms with E-state index in [0.29, 0.717) is 12.0 Å². The first-order valence-corrected chi connectivity index (χ1v) is 16.7. The number of H-pyrrole nitrogens is 1. The molecule has 1 aromatic carbocycles. The number of carbonyl (C=O) groups excluding carboxylic acids is 5. The number of benzene rings is 1. The van der Waals surface area contributed by atoms with E-state index < -0.39 is 84.8 Å². The predicted octanol–water partition coefficient (Wildman–Crippen LogP) is -2.07. The van der Waals surface area contributed by atoms with Crippen molar-refractivity contribution in [3.05, 3.63) is 36.0 Å². The highest BCUT2D eigenvalue weighted by atomic mass is 16.4. The van der Waals surface area contributed by atoms with Crippen molar-refractivity contribution in [3.8, 4) is 0 Å². The smallest absolute Gasteiger partial charge is 0.326 e. The lowest BCUT2D eigenvalue weighted by atomic mass is 10.0. The van der Waals surface area contributed by atoms with E-state index in [1.165, 1.54) is 0 Å². The van der Waals surface area contributed by atoms with E-state index in [4.69, 9.17) is 17.2 Å². The summed E-state index contributed by atoms with van der Waals surface area (Å²) in [5, 5.41) is 33.1. The quantitative estimate of drug-likeness (QED) is 0.0379. The summed E-state index contributed by atoms with van der Waals surface area (Å²) in [5.74, 6) is -5.69. The summed E-state index contributed by atoms with van der Waals surface area (Å²) in [6.45, 7) is 5.85. The minimum atomic E-state index is -1.52. The van der Waals surface area contributed by atoms with Crippen molar-refractivity contribution in [1.82, 2.24) is 31.6 Å². The van der Waals surface area contributed by atoms with Crippen molar-refractivity contribution < 1.29 is 39.0 Å². The zero-order valence-corrected chi connectivity index (χ0v) is 29.4. The number of guanidine groups is 1. The molecule has 18 heteroatoms.